The molecule has 3 unspecified atom stereocenters. The summed E-state index contributed by atoms with van der Waals surface area (Å²) < 4.78 is 0. The van der Waals surface area contributed by atoms with Gasteiger partial charge in [0, 0.05) is 24.1 Å². The van der Waals surface area contributed by atoms with Gasteiger partial charge in [-0.3, -0.25) is 14.4 Å². The number of hydrogen-bond acceptors (Lipinski definition) is 7. The number of rotatable bonds is 11. The summed E-state index contributed by atoms with van der Waals surface area (Å²) in [5, 5.41) is 16.7. The van der Waals surface area contributed by atoms with Crippen LogP contribution < -0.4 is 21.7 Å². The van der Waals surface area contributed by atoms with E-state index in [-0.39, 0.29) is 24.6 Å². The lowest BCUT2D eigenvalue weighted by molar-refractivity contribution is -0.142. The van der Waals surface area contributed by atoms with Gasteiger partial charge in [-0.25, -0.2) is 9.78 Å². The molecule has 0 spiro atoms. The quantitative estimate of drug-likeness (QED) is 0.205. The topological polar surface area (TPSA) is 179 Å². The average Bonchev–Trinajstić information content (AvgIpc) is 3.15. The monoisotopic (exact) mass is 414 g/mol. The minimum absolute atomic E-state index is 0.00448. The van der Waals surface area contributed by atoms with Crippen LogP contribution >= 0.6 is 12.6 Å². The molecule has 0 saturated carbocycles. The molecular weight excluding hydrogens is 388 g/mol. The number of carbonyl (C=O) groups excluding carboxylic acids is 3. The van der Waals surface area contributed by atoms with E-state index in [0.717, 1.165) is 0 Å². The Morgan fingerprint density at radius 1 is 1.18 bits per heavy atom. The fourth-order valence-electron chi connectivity index (χ4n) is 2.31. The molecule has 0 aliphatic heterocycles. The zero-order chi connectivity index (χ0) is 21.3. The van der Waals surface area contributed by atoms with Crippen molar-refractivity contribution in [1.82, 2.24) is 25.9 Å². The minimum Gasteiger partial charge on any atom is -0.480 e. The number of aliphatic carboxylic acids is 1. The van der Waals surface area contributed by atoms with Gasteiger partial charge >= 0.3 is 5.97 Å². The van der Waals surface area contributed by atoms with Crippen LogP contribution in [0.25, 0.3) is 0 Å². The Balaban J connectivity index is 2.78. The summed E-state index contributed by atoms with van der Waals surface area (Å²) in [7, 11) is 0. The van der Waals surface area contributed by atoms with Gasteiger partial charge in [-0.2, -0.15) is 12.6 Å². The van der Waals surface area contributed by atoms with Crippen molar-refractivity contribution >= 4 is 36.3 Å². The van der Waals surface area contributed by atoms with E-state index in [4.69, 9.17) is 5.73 Å². The van der Waals surface area contributed by atoms with Crippen LogP contribution in [0, 0.1) is 5.92 Å². The van der Waals surface area contributed by atoms with Crippen LogP contribution in [-0.4, -0.2) is 69.2 Å². The molecule has 3 atom stereocenters. The predicted octanol–water partition coefficient (Wildman–Crippen LogP) is -1.96. The Morgan fingerprint density at radius 3 is 2.29 bits per heavy atom. The van der Waals surface area contributed by atoms with Gasteiger partial charge in [0.25, 0.3) is 0 Å². The van der Waals surface area contributed by atoms with Crippen molar-refractivity contribution in [3.8, 4) is 0 Å². The van der Waals surface area contributed by atoms with E-state index < -0.39 is 41.8 Å². The fraction of sp³-hybridized carbons (Fsp3) is 0.562. The third kappa shape index (κ3) is 7.19. The molecule has 1 rings (SSSR count). The summed E-state index contributed by atoms with van der Waals surface area (Å²) in [5.74, 6) is -3.36. The number of imidazole rings is 1. The molecule has 0 fully saturated rings. The lowest BCUT2D eigenvalue weighted by Gasteiger charge is -2.25. The van der Waals surface area contributed by atoms with Crippen molar-refractivity contribution in [2.45, 2.75) is 38.4 Å². The summed E-state index contributed by atoms with van der Waals surface area (Å²) in [5.41, 5.74) is 5.78. The van der Waals surface area contributed by atoms with Crippen molar-refractivity contribution < 1.29 is 24.3 Å². The van der Waals surface area contributed by atoms with E-state index in [1.54, 1.807) is 13.8 Å². The lowest BCUT2D eigenvalue weighted by atomic mass is 10.0. The van der Waals surface area contributed by atoms with E-state index in [0.29, 0.717) is 5.69 Å². The van der Waals surface area contributed by atoms with Gasteiger partial charge < -0.3 is 31.8 Å². The molecule has 0 aromatic carbocycles. The Hall–Kier alpha value is -2.60. The number of nitrogens with zero attached hydrogens (tertiary/aromatic N) is 1. The van der Waals surface area contributed by atoms with Gasteiger partial charge in [0.15, 0.2) is 0 Å². The molecule has 3 amide bonds. The molecular formula is C16H26N6O5S. The number of hydrogen-bond donors (Lipinski definition) is 7. The largest absolute Gasteiger partial charge is 0.480 e. The summed E-state index contributed by atoms with van der Waals surface area (Å²) in [6.45, 7) is 3.17. The fourth-order valence-corrected chi connectivity index (χ4v) is 2.57. The molecule has 0 radical (unpaired) electrons. The van der Waals surface area contributed by atoms with E-state index in [1.165, 1.54) is 12.5 Å². The maximum atomic E-state index is 12.5. The highest BCUT2D eigenvalue weighted by Crippen LogP contribution is 2.04. The van der Waals surface area contributed by atoms with Crippen molar-refractivity contribution in [2.75, 3.05) is 12.3 Å². The van der Waals surface area contributed by atoms with E-state index in [9.17, 15) is 24.3 Å². The SMILES string of the molecule is CC(C)C(NC(=O)CN)C(=O)NC(CS)C(=O)NC(Cc1cnc[nH]1)C(=O)O. The first-order chi connectivity index (χ1) is 13.2. The first-order valence-electron chi connectivity index (χ1n) is 8.60. The summed E-state index contributed by atoms with van der Waals surface area (Å²) in [6.07, 6.45) is 2.84. The molecule has 0 aliphatic rings. The predicted molar refractivity (Wildman–Crippen MR) is 103 cm³/mol. The van der Waals surface area contributed by atoms with E-state index >= 15 is 0 Å². The molecule has 1 heterocycles. The number of carboxylic acid groups (broad SMARTS) is 1. The minimum atomic E-state index is -1.23. The zero-order valence-electron chi connectivity index (χ0n) is 15.6. The van der Waals surface area contributed by atoms with E-state index in [1.807, 2.05) is 0 Å². The van der Waals surface area contributed by atoms with Crippen LogP contribution in [-0.2, 0) is 25.6 Å². The highest BCUT2D eigenvalue weighted by Gasteiger charge is 2.30. The number of nitrogens with one attached hydrogen (secondary N) is 4. The molecule has 0 saturated heterocycles. The first-order valence-corrected chi connectivity index (χ1v) is 9.23. The summed E-state index contributed by atoms with van der Waals surface area (Å²) >= 11 is 4.05. The molecule has 7 N–H and O–H groups in total. The normalized spacial score (nSPS) is 14.0. The molecule has 12 heteroatoms. The van der Waals surface area contributed by atoms with Crippen LogP contribution in [0.1, 0.15) is 19.5 Å². The van der Waals surface area contributed by atoms with Crippen LogP contribution in [0.2, 0.25) is 0 Å². The first kappa shape index (κ1) is 23.4. The highest BCUT2D eigenvalue weighted by atomic mass is 32.1. The molecule has 11 nitrogen and oxygen atoms in total. The van der Waals surface area contributed by atoms with Gasteiger partial charge in [0.05, 0.1) is 12.9 Å². The second kappa shape index (κ2) is 11.3. The van der Waals surface area contributed by atoms with Crippen LogP contribution in [0.15, 0.2) is 12.5 Å². The number of carbonyl (C=O) groups is 4. The molecule has 0 aliphatic carbocycles. The van der Waals surface area contributed by atoms with Gasteiger partial charge in [-0.1, -0.05) is 13.8 Å². The number of carboxylic acids is 1. The zero-order valence-corrected chi connectivity index (χ0v) is 16.5. The Kier molecular flexibility index (Phi) is 9.45. The van der Waals surface area contributed by atoms with Crippen molar-refractivity contribution in [3.63, 3.8) is 0 Å². The third-order valence-electron chi connectivity index (χ3n) is 3.86. The number of aromatic nitrogens is 2. The van der Waals surface area contributed by atoms with Gasteiger partial charge in [0.2, 0.25) is 17.7 Å². The van der Waals surface area contributed by atoms with Crippen LogP contribution in [0.4, 0.5) is 0 Å². The third-order valence-corrected chi connectivity index (χ3v) is 4.23. The van der Waals surface area contributed by atoms with Gasteiger partial charge in [-0.15, -0.1) is 0 Å². The van der Waals surface area contributed by atoms with Crippen molar-refractivity contribution in [2.24, 2.45) is 11.7 Å². The lowest BCUT2D eigenvalue weighted by Crippen LogP contribution is -2.58. The maximum absolute atomic E-state index is 12.5. The molecule has 1 aromatic rings. The summed E-state index contributed by atoms with van der Waals surface area (Å²) in [4.78, 5) is 54.4. The number of aromatic amines is 1. The second-order valence-corrected chi connectivity index (χ2v) is 6.78. The molecule has 0 bridgehead atoms. The van der Waals surface area contributed by atoms with Crippen molar-refractivity contribution in [1.29, 1.82) is 0 Å². The van der Waals surface area contributed by atoms with Crippen molar-refractivity contribution in [3.05, 3.63) is 18.2 Å². The van der Waals surface area contributed by atoms with Gasteiger partial charge in [-0.05, 0) is 5.92 Å². The smallest absolute Gasteiger partial charge is 0.326 e. The number of nitrogens with two attached hydrogens (primary N) is 1. The van der Waals surface area contributed by atoms with E-state index in [2.05, 4.69) is 38.5 Å². The summed E-state index contributed by atoms with van der Waals surface area (Å²) in [6, 6.07) is -3.20. The van der Waals surface area contributed by atoms with Gasteiger partial charge in [0.1, 0.15) is 18.1 Å². The number of amides is 3. The molecule has 156 valence electrons. The number of H-pyrrole nitrogens is 1. The Bertz CT molecular complexity index is 681. The Labute approximate surface area is 167 Å². The Morgan fingerprint density at radius 2 is 1.82 bits per heavy atom. The van der Waals surface area contributed by atoms with Crippen LogP contribution in [0.3, 0.4) is 0 Å². The molecule has 1 aromatic heterocycles. The standard InChI is InChI=1S/C16H26N6O5S/c1-8(2)13(22-12(23)4-17)15(25)21-11(6-28)14(24)20-10(16(26)27)3-9-5-18-7-19-9/h5,7-8,10-11,13,28H,3-4,6,17H2,1-2H3,(H,18,19)(H,20,24)(H,21,25)(H,22,23)(H,26,27). The highest BCUT2D eigenvalue weighted by molar-refractivity contribution is 7.80. The number of thiol groups is 1. The second-order valence-electron chi connectivity index (χ2n) is 6.42. The average molecular weight is 414 g/mol. The van der Waals surface area contributed by atoms with Crippen LogP contribution in [0.5, 0.6) is 0 Å². The maximum Gasteiger partial charge on any atom is 0.326 e. The molecule has 28 heavy (non-hydrogen) atoms.